The van der Waals surface area contributed by atoms with E-state index in [1.54, 1.807) is 12.6 Å². The Labute approximate surface area is 140 Å². The quantitative estimate of drug-likeness (QED) is 0.600. The minimum absolute atomic E-state index is 0.333. The van der Waals surface area contributed by atoms with Crippen molar-refractivity contribution in [3.8, 4) is 0 Å². The van der Waals surface area contributed by atoms with Crippen LogP contribution < -0.4 is 4.90 Å². The highest BCUT2D eigenvalue weighted by Crippen LogP contribution is 2.29. The van der Waals surface area contributed by atoms with Crippen LogP contribution in [-0.2, 0) is 6.42 Å². The van der Waals surface area contributed by atoms with Gasteiger partial charge in [-0.1, -0.05) is 18.2 Å². The molecule has 0 saturated carbocycles. The maximum Gasteiger partial charge on any atom is 0.156 e. The highest BCUT2D eigenvalue weighted by atomic mass is 16.3. The average molecular weight is 320 g/mol. The summed E-state index contributed by atoms with van der Waals surface area (Å²) in [6.07, 6.45) is 5.28. The third-order valence-corrected chi connectivity index (χ3v) is 4.65. The van der Waals surface area contributed by atoms with Crippen LogP contribution in [0.1, 0.15) is 19.1 Å². The molecule has 0 aliphatic heterocycles. The third-order valence-electron chi connectivity index (χ3n) is 4.65. The maximum atomic E-state index is 5.43. The van der Waals surface area contributed by atoms with Crippen molar-refractivity contribution in [2.24, 2.45) is 0 Å². The lowest BCUT2D eigenvalue weighted by Gasteiger charge is -2.26. The molecule has 122 valence electrons. The molecule has 0 radical (unpaired) electrons. The van der Waals surface area contributed by atoms with Gasteiger partial charge in [0, 0.05) is 30.4 Å². The molecule has 0 saturated heterocycles. The van der Waals surface area contributed by atoms with Gasteiger partial charge in [0.05, 0.1) is 6.26 Å². The van der Waals surface area contributed by atoms with E-state index < -0.39 is 0 Å². The van der Waals surface area contributed by atoms with E-state index in [9.17, 15) is 0 Å². The van der Waals surface area contributed by atoms with Crippen LogP contribution in [-0.4, -0.2) is 28.0 Å². The number of hydrogen-bond acceptors (Lipinski definition) is 4. The fraction of sp³-hybridized carbons (Fsp3) is 0.263. The van der Waals surface area contributed by atoms with Crippen molar-refractivity contribution in [2.75, 3.05) is 11.9 Å². The zero-order valence-corrected chi connectivity index (χ0v) is 13.9. The molecule has 5 nitrogen and oxygen atoms in total. The minimum Gasteiger partial charge on any atom is -0.469 e. The van der Waals surface area contributed by atoms with Crippen LogP contribution in [0.2, 0.25) is 0 Å². The summed E-state index contributed by atoms with van der Waals surface area (Å²) in [5.74, 6) is 1.96. The number of aryl methyl sites for hydroxylation is 1. The molecule has 5 heteroatoms. The molecule has 0 aliphatic carbocycles. The lowest BCUT2D eigenvalue weighted by molar-refractivity contribution is 0.487. The molecule has 0 aliphatic rings. The largest absolute Gasteiger partial charge is 0.469 e. The topological polar surface area (TPSA) is 58.0 Å². The van der Waals surface area contributed by atoms with E-state index in [4.69, 9.17) is 4.42 Å². The number of nitrogens with zero attached hydrogens (tertiary/aromatic N) is 3. The summed E-state index contributed by atoms with van der Waals surface area (Å²) in [7, 11) is 2.08. The first-order valence-corrected chi connectivity index (χ1v) is 8.20. The molecule has 4 rings (SSSR count). The summed E-state index contributed by atoms with van der Waals surface area (Å²) >= 11 is 0. The SMILES string of the molecule is CC(CCc1ccco1)N(C)c1ncnc2c1[nH]c1ccccc12. The Balaban J connectivity index is 1.65. The van der Waals surface area contributed by atoms with Crippen molar-refractivity contribution in [3.05, 3.63) is 54.7 Å². The van der Waals surface area contributed by atoms with Gasteiger partial charge in [-0.15, -0.1) is 0 Å². The molecular formula is C19H20N4O. The predicted octanol–water partition coefficient (Wildman–Crippen LogP) is 4.16. The summed E-state index contributed by atoms with van der Waals surface area (Å²) in [6.45, 7) is 2.21. The number of benzene rings is 1. The second-order valence-corrected chi connectivity index (χ2v) is 6.17. The van der Waals surface area contributed by atoms with Crippen LogP contribution in [0, 0.1) is 0 Å². The number of aromatic amines is 1. The van der Waals surface area contributed by atoms with Crippen molar-refractivity contribution < 1.29 is 4.42 Å². The molecule has 1 unspecified atom stereocenters. The van der Waals surface area contributed by atoms with Gasteiger partial charge in [-0.3, -0.25) is 0 Å². The van der Waals surface area contributed by atoms with Crippen molar-refractivity contribution in [1.29, 1.82) is 0 Å². The molecule has 0 spiro atoms. The number of fused-ring (bicyclic) bond motifs is 3. The third kappa shape index (κ3) is 2.52. The minimum atomic E-state index is 0.333. The van der Waals surface area contributed by atoms with Gasteiger partial charge in [0.25, 0.3) is 0 Å². The van der Waals surface area contributed by atoms with Crippen molar-refractivity contribution in [3.63, 3.8) is 0 Å². The van der Waals surface area contributed by atoms with Gasteiger partial charge < -0.3 is 14.3 Å². The summed E-state index contributed by atoms with van der Waals surface area (Å²) in [5, 5.41) is 1.13. The number of para-hydroxylation sites is 1. The lowest BCUT2D eigenvalue weighted by atomic mass is 10.1. The van der Waals surface area contributed by atoms with Crippen molar-refractivity contribution in [1.82, 2.24) is 15.0 Å². The standard InChI is InChI=1S/C19H20N4O/c1-13(9-10-14-6-5-11-24-14)23(2)19-18-17(20-12-21-19)15-7-3-4-8-16(15)22-18/h3-8,11-13,22H,9-10H2,1-2H3. The Morgan fingerprint density at radius 3 is 2.88 bits per heavy atom. The number of aromatic nitrogens is 3. The molecule has 4 aromatic rings. The van der Waals surface area contributed by atoms with E-state index in [1.165, 1.54) is 0 Å². The van der Waals surface area contributed by atoms with Crippen molar-refractivity contribution in [2.45, 2.75) is 25.8 Å². The first kappa shape index (κ1) is 14.8. The van der Waals surface area contributed by atoms with E-state index in [0.717, 1.165) is 46.4 Å². The summed E-state index contributed by atoms with van der Waals surface area (Å²) < 4.78 is 5.43. The van der Waals surface area contributed by atoms with Crippen LogP contribution in [0.25, 0.3) is 21.9 Å². The average Bonchev–Trinajstić information content (AvgIpc) is 3.26. The van der Waals surface area contributed by atoms with Crippen LogP contribution in [0.3, 0.4) is 0 Å². The van der Waals surface area contributed by atoms with Gasteiger partial charge >= 0.3 is 0 Å². The Hall–Kier alpha value is -2.82. The Kier molecular flexibility index (Phi) is 3.69. The molecular weight excluding hydrogens is 300 g/mol. The first-order chi connectivity index (χ1) is 11.7. The molecule has 3 heterocycles. The molecule has 3 aromatic heterocycles. The highest BCUT2D eigenvalue weighted by molar-refractivity contribution is 6.08. The molecule has 0 fully saturated rings. The summed E-state index contributed by atoms with van der Waals surface area (Å²) in [5.41, 5.74) is 3.05. The van der Waals surface area contributed by atoms with E-state index >= 15 is 0 Å². The number of nitrogens with one attached hydrogen (secondary N) is 1. The maximum absolute atomic E-state index is 5.43. The fourth-order valence-electron chi connectivity index (χ4n) is 3.10. The fourth-order valence-corrected chi connectivity index (χ4v) is 3.10. The smallest absolute Gasteiger partial charge is 0.156 e. The van der Waals surface area contributed by atoms with Gasteiger partial charge in [0.15, 0.2) is 5.82 Å². The second-order valence-electron chi connectivity index (χ2n) is 6.17. The van der Waals surface area contributed by atoms with Crippen LogP contribution in [0.5, 0.6) is 0 Å². The monoisotopic (exact) mass is 320 g/mol. The first-order valence-electron chi connectivity index (χ1n) is 8.20. The van der Waals surface area contributed by atoms with Crippen LogP contribution >= 0.6 is 0 Å². The molecule has 1 atom stereocenters. The lowest BCUT2D eigenvalue weighted by Crippen LogP contribution is -2.30. The van der Waals surface area contributed by atoms with E-state index in [2.05, 4.69) is 46.0 Å². The van der Waals surface area contributed by atoms with E-state index in [-0.39, 0.29) is 0 Å². The van der Waals surface area contributed by atoms with E-state index in [0.29, 0.717) is 6.04 Å². The Morgan fingerprint density at radius 1 is 1.17 bits per heavy atom. The van der Waals surface area contributed by atoms with Crippen LogP contribution in [0.15, 0.2) is 53.4 Å². The van der Waals surface area contributed by atoms with Gasteiger partial charge in [0.2, 0.25) is 0 Å². The van der Waals surface area contributed by atoms with Crippen molar-refractivity contribution >= 4 is 27.8 Å². The molecule has 0 amide bonds. The Bertz CT molecular complexity index is 958. The number of rotatable bonds is 5. The molecule has 0 bridgehead atoms. The number of hydrogen-bond donors (Lipinski definition) is 1. The summed E-state index contributed by atoms with van der Waals surface area (Å²) in [6, 6.07) is 12.5. The summed E-state index contributed by atoms with van der Waals surface area (Å²) in [4.78, 5) is 14.7. The predicted molar refractivity (Wildman–Crippen MR) is 96.3 cm³/mol. The molecule has 1 aromatic carbocycles. The second kappa shape index (κ2) is 6.00. The van der Waals surface area contributed by atoms with Crippen LogP contribution in [0.4, 0.5) is 5.82 Å². The normalized spacial score (nSPS) is 12.8. The number of H-pyrrole nitrogens is 1. The van der Waals surface area contributed by atoms with Gasteiger partial charge in [-0.2, -0.15) is 0 Å². The number of furan rings is 1. The van der Waals surface area contributed by atoms with Gasteiger partial charge in [0.1, 0.15) is 23.1 Å². The number of anilines is 1. The van der Waals surface area contributed by atoms with Gasteiger partial charge in [-0.05, 0) is 31.5 Å². The molecule has 24 heavy (non-hydrogen) atoms. The highest BCUT2D eigenvalue weighted by Gasteiger charge is 2.17. The zero-order valence-electron chi connectivity index (χ0n) is 13.9. The molecule has 1 N–H and O–H groups in total. The van der Waals surface area contributed by atoms with Gasteiger partial charge in [-0.25, -0.2) is 9.97 Å². The van der Waals surface area contributed by atoms with E-state index in [1.807, 2.05) is 24.3 Å². The Morgan fingerprint density at radius 2 is 2.04 bits per heavy atom. The zero-order chi connectivity index (χ0) is 16.5.